The van der Waals surface area contributed by atoms with Gasteiger partial charge in [0.2, 0.25) is 0 Å². The van der Waals surface area contributed by atoms with Crippen LogP contribution < -0.4 is 15.2 Å². The second kappa shape index (κ2) is 5.66. The van der Waals surface area contributed by atoms with E-state index < -0.39 is 17.4 Å². The summed E-state index contributed by atoms with van der Waals surface area (Å²) in [6, 6.07) is 6.38. The highest BCUT2D eigenvalue weighted by molar-refractivity contribution is 7.80. The highest BCUT2D eigenvalue weighted by Crippen LogP contribution is 2.25. The number of aliphatic hydroxyl groups is 1. The molecule has 1 aliphatic rings. The van der Waals surface area contributed by atoms with E-state index in [1.165, 1.54) is 0 Å². The van der Waals surface area contributed by atoms with E-state index in [4.69, 9.17) is 15.0 Å². The molecular formula is C11H16N2O4S. The summed E-state index contributed by atoms with van der Waals surface area (Å²) in [6.07, 6.45) is 0.538. The van der Waals surface area contributed by atoms with E-state index in [9.17, 15) is 9.32 Å². The smallest absolute Gasteiger partial charge is 0.259 e. The van der Waals surface area contributed by atoms with Gasteiger partial charge < -0.3 is 15.6 Å². The van der Waals surface area contributed by atoms with E-state index in [1.807, 2.05) is 0 Å². The number of anilines is 1. The number of benzene rings is 1. The molecule has 18 heavy (non-hydrogen) atoms. The van der Waals surface area contributed by atoms with E-state index in [0.29, 0.717) is 11.4 Å². The second-order valence-corrected chi connectivity index (χ2v) is 4.97. The minimum Gasteiger partial charge on any atom is -0.488 e. The lowest BCUT2D eigenvalue weighted by Crippen LogP contribution is -2.37. The third kappa shape index (κ3) is 3.20. The maximum absolute atomic E-state index is 10.5. The van der Waals surface area contributed by atoms with Crippen molar-refractivity contribution in [1.82, 2.24) is 0 Å². The summed E-state index contributed by atoms with van der Waals surface area (Å²) in [5.41, 5.74) is 6.22. The fraction of sp³-hybridized carbons (Fsp3) is 0.455. The van der Waals surface area contributed by atoms with Crippen LogP contribution in [0, 0.1) is 0 Å². The molecule has 7 heteroatoms. The maximum atomic E-state index is 10.5. The third-order valence-electron chi connectivity index (χ3n) is 2.95. The first-order valence-corrected chi connectivity index (χ1v) is 6.75. The molecule has 0 saturated heterocycles. The molecule has 6 nitrogen and oxygen atoms in total. The van der Waals surface area contributed by atoms with Gasteiger partial charge in [-0.05, 0) is 37.1 Å². The fourth-order valence-electron chi connectivity index (χ4n) is 1.98. The highest BCUT2D eigenvalue weighted by atomic mass is 32.2. The summed E-state index contributed by atoms with van der Waals surface area (Å²) in [6.45, 7) is 0. The van der Waals surface area contributed by atoms with Crippen molar-refractivity contribution in [3.63, 3.8) is 0 Å². The van der Waals surface area contributed by atoms with Crippen LogP contribution in [0.3, 0.4) is 0 Å². The zero-order valence-electron chi connectivity index (χ0n) is 9.65. The van der Waals surface area contributed by atoms with E-state index in [-0.39, 0.29) is 12.1 Å². The number of hydrogen-bond acceptors (Lipinski definition) is 4. The van der Waals surface area contributed by atoms with Crippen molar-refractivity contribution in [2.24, 2.45) is 5.73 Å². The van der Waals surface area contributed by atoms with Crippen LogP contribution in [0.2, 0.25) is 0 Å². The lowest BCUT2D eigenvalue weighted by Gasteiger charge is -2.19. The number of ether oxygens (including phenoxy) is 1. The van der Waals surface area contributed by atoms with Gasteiger partial charge in [-0.15, -0.1) is 0 Å². The van der Waals surface area contributed by atoms with Crippen LogP contribution in [0.25, 0.3) is 0 Å². The topological polar surface area (TPSA) is 105 Å². The van der Waals surface area contributed by atoms with Gasteiger partial charge in [-0.25, -0.2) is 4.21 Å². The van der Waals surface area contributed by atoms with E-state index in [2.05, 4.69) is 4.72 Å². The quantitative estimate of drug-likeness (QED) is 0.596. The molecule has 4 unspecified atom stereocenters. The molecule has 1 aliphatic carbocycles. The molecule has 1 fully saturated rings. The predicted molar refractivity (Wildman–Crippen MR) is 68.5 cm³/mol. The van der Waals surface area contributed by atoms with Gasteiger partial charge in [-0.3, -0.25) is 9.27 Å². The van der Waals surface area contributed by atoms with Crippen LogP contribution in [-0.2, 0) is 11.3 Å². The number of rotatable bonds is 4. The van der Waals surface area contributed by atoms with Gasteiger partial charge in [0, 0.05) is 11.7 Å². The van der Waals surface area contributed by atoms with Crippen LogP contribution >= 0.6 is 0 Å². The summed E-state index contributed by atoms with van der Waals surface area (Å²) < 4.78 is 27.2. The van der Waals surface area contributed by atoms with Crippen LogP contribution in [0.15, 0.2) is 24.3 Å². The number of hydrogen-bond donors (Lipinski definition) is 4. The molecule has 100 valence electrons. The Morgan fingerprint density at radius 3 is 2.50 bits per heavy atom. The van der Waals surface area contributed by atoms with Gasteiger partial charge in [-0.2, -0.15) is 0 Å². The maximum Gasteiger partial charge on any atom is 0.259 e. The molecule has 1 aromatic rings. The van der Waals surface area contributed by atoms with Crippen molar-refractivity contribution in [2.75, 3.05) is 4.72 Å². The van der Waals surface area contributed by atoms with Crippen molar-refractivity contribution in [1.29, 1.82) is 0 Å². The van der Waals surface area contributed by atoms with Gasteiger partial charge in [0.05, 0.1) is 0 Å². The molecule has 0 bridgehead atoms. The molecule has 0 spiro atoms. The normalized spacial score (nSPS) is 28.9. The zero-order chi connectivity index (χ0) is 13.1. The Balaban J connectivity index is 1.96. The Morgan fingerprint density at radius 1 is 1.33 bits per heavy atom. The van der Waals surface area contributed by atoms with Crippen LogP contribution in [-0.4, -0.2) is 32.1 Å². The molecule has 0 aliphatic heterocycles. The average Bonchev–Trinajstić information content (AvgIpc) is 2.63. The summed E-state index contributed by atoms with van der Waals surface area (Å²) in [5.74, 6) is 0.599. The molecule has 2 rings (SSSR count). The Hall–Kier alpha value is -1.15. The monoisotopic (exact) mass is 272 g/mol. The lowest BCUT2D eigenvalue weighted by molar-refractivity contribution is 0.0521. The molecule has 0 heterocycles. The van der Waals surface area contributed by atoms with E-state index in [1.54, 1.807) is 24.3 Å². The third-order valence-corrected chi connectivity index (χ3v) is 3.36. The van der Waals surface area contributed by atoms with E-state index >= 15 is 0 Å². The molecule has 1 aromatic carbocycles. The van der Waals surface area contributed by atoms with Crippen molar-refractivity contribution in [3.8, 4) is 5.75 Å². The molecule has 0 radical (unpaired) electrons. The van der Waals surface area contributed by atoms with Crippen LogP contribution in [0.1, 0.15) is 12.8 Å². The lowest BCUT2D eigenvalue weighted by atomic mass is 10.2. The second-order valence-electron chi connectivity index (χ2n) is 4.26. The van der Waals surface area contributed by atoms with Crippen molar-refractivity contribution < 1.29 is 18.6 Å². The number of aliphatic hydroxyl groups excluding tert-OH is 1. The standard InChI is InChI=1S/C11H16N2O4S/c12-9-5-6-10(11(9)14)17-8-3-1-7(2-4-8)13-18(15)16/h1-4,9-11,13-14H,5-6,12H2,(H,15,16). The zero-order valence-corrected chi connectivity index (χ0v) is 10.5. The van der Waals surface area contributed by atoms with Gasteiger partial charge in [-0.1, -0.05) is 0 Å². The summed E-state index contributed by atoms with van der Waals surface area (Å²) in [7, 11) is 0. The molecular weight excluding hydrogens is 256 g/mol. The van der Waals surface area contributed by atoms with Crippen LogP contribution in [0.4, 0.5) is 5.69 Å². The van der Waals surface area contributed by atoms with Gasteiger partial charge in [0.25, 0.3) is 11.3 Å². The van der Waals surface area contributed by atoms with Crippen molar-refractivity contribution in [2.45, 2.75) is 31.1 Å². The largest absolute Gasteiger partial charge is 0.488 e. The van der Waals surface area contributed by atoms with E-state index in [0.717, 1.165) is 12.8 Å². The Labute approximate surface area is 108 Å². The summed E-state index contributed by atoms with van der Waals surface area (Å²) in [4.78, 5) is 0. The van der Waals surface area contributed by atoms with Crippen molar-refractivity contribution >= 4 is 17.0 Å². The molecule has 4 atom stereocenters. The molecule has 1 saturated carbocycles. The first kappa shape index (κ1) is 13.3. The predicted octanol–water partition coefficient (Wildman–Crippen LogP) is 0.465. The highest BCUT2D eigenvalue weighted by Gasteiger charge is 2.33. The Bertz CT molecular complexity index is 426. The molecule has 0 aromatic heterocycles. The van der Waals surface area contributed by atoms with Crippen molar-refractivity contribution in [3.05, 3.63) is 24.3 Å². The summed E-state index contributed by atoms with van der Waals surface area (Å²) in [5, 5.41) is 9.76. The molecule has 0 amide bonds. The number of nitrogens with one attached hydrogen (secondary N) is 1. The minimum atomic E-state index is -2.08. The average molecular weight is 272 g/mol. The van der Waals surface area contributed by atoms with Gasteiger partial charge >= 0.3 is 0 Å². The first-order valence-electron chi connectivity index (χ1n) is 5.64. The Morgan fingerprint density at radius 2 is 2.00 bits per heavy atom. The minimum absolute atomic E-state index is 0.229. The Kier molecular flexibility index (Phi) is 4.18. The fourth-order valence-corrected chi connectivity index (χ4v) is 2.32. The first-order chi connectivity index (χ1) is 8.56. The number of nitrogens with two attached hydrogens (primary N) is 1. The van der Waals surface area contributed by atoms with Gasteiger partial charge in [0.15, 0.2) is 0 Å². The van der Waals surface area contributed by atoms with Crippen LogP contribution in [0.5, 0.6) is 5.75 Å². The molecule has 5 N–H and O–H groups in total. The summed E-state index contributed by atoms with van der Waals surface area (Å²) >= 11 is -2.08. The SMILES string of the molecule is NC1CCC(Oc2ccc(NS(=O)O)cc2)C1O. The van der Waals surface area contributed by atoms with Gasteiger partial charge in [0.1, 0.15) is 18.0 Å².